The Morgan fingerprint density at radius 2 is 0.795 bits per heavy atom. The first-order valence-electron chi connectivity index (χ1n) is 16.0. The van der Waals surface area contributed by atoms with Gasteiger partial charge < -0.3 is 50.1 Å². The number of unbranched alkanes of at least 4 members (excludes halogenated alkanes) is 1. The number of hydrogen-bond acceptors (Lipinski definition) is 10. The van der Waals surface area contributed by atoms with Crippen LogP contribution in [0.4, 0.5) is 0 Å². The molecule has 0 fully saturated rings. The molecule has 0 unspecified atom stereocenters. The van der Waals surface area contributed by atoms with E-state index >= 15 is 0 Å². The topological polar surface area (TPSA) is 169 Å². The molecule has 0 saturated carbocycles. The summed E-state index contributed by atoms with van der Waals surface area (Å²) < 4.78 is 32.6. The van der Waals surface area contributed by atoms with Gasteiger partial charge in [-0.2, -0.15) is 0 Å². The summed E-state index contributed by atoms with van der Waals surface area (Å²) in [5.74, 6) is 2.38. The molecule has 0 aromatic heterocycles. The van der Waals surface area contributed by atoms with Gasteiger partial charge in [0.25, 0.3) is 0 Å². The number of nitrogens with two attached hydrogens (primary N) is 1. The summed E-state index contributed by atoms with van der Waals surface area (Å²) in [6.45, 7) is 8.69. The SMILES string of the molecule is C#CCCC(=O)NCCCOCCOCCOCCCNC(=O)CCCCC(=O)NCCCOCCOCCOCCCN. The molecule has 0 heterocycles. The second kappa shape index (κ2) is 35.2. The number of carbonyl (C=O) groups is 3. The minimum absolute atomic E-state index is 0.00750. The van der Waals surface area contributed by atoms with Gasteiger partial charge in [0.05, 0.1) is 52.9 Å². The molecule has 44 heavy (non-hydrogen) atoms. The van der Waals surface area contributed by atoms with Crippen LogP contribution in [-0.2, 0) is 42.8 Å². The van der Waals surface area contributed by atoms with Crippen molar-refractivity contribution in [2.45, 2.75) is 64.2 Å². The summed E-state index contributed by atoms with van der Waals surface area (Å²) in [5.41, 5.74) is 5.39. The molecule has 0 atom stereocenters. The van der Waals surface area contributed by atoms with Crippen molar-refractivity contribution in [2.24, 2.45) is 5.73 Å². The lowest BCUT2D eigenvalue weighted by Gasteiger charge is -2.08. The Bertz CT molecular complexity index is 723. The van der Waals surface area contributed by atoms with Crippen molar-refractivity contribution in [1.29, 1.82) is 0 Å². The molecule has 0 radical (unpaired) electrons. The van der Waals surface area contributed by atoms with Gasteiger partial charge in [0, 0.05) is 71.7 Å². The van der Waals surface area contributed by atoms with E-state index in [4.69, 9.17) is 40.6 Å². The fourth-order valence-corrected chi connectivity index (χ4v) is 3.50. The standard InChI is InChI=1S/C31H58N4O9/c1-2-3-10-29(36)33-14-7-18-40-23-27-44-28-24-42-20-9-16-35-31(38)12-5-4-11-30(37)34-15-8-19-41-22-26-43-25-21-39-17-6-13-32/h1H,3-28,32H2,(H,33,36)(H,34,37)(H,35,38). The zero-order valence-electron chi connectivity index (χ0n) is 26.7. The zero-order valence-corrected chi connectivity index (χ0v) is 26.7. The average molecular weight is 631 g/mol. The van der Waals surface area contributed by atoms with Crippen molar-refractivity contribution in [3.8, 4) is 12.3 Å². The molecule has 256 valence electrons. The number of carbonyl (C=O) groups excluding carboxylic acids is 3. The van der Waals surface area contributed by atoms with Crippen LogP contribution in [0.2, 0.25) is 0 Å². The van der Waals surface area contributed by atoms with E-state index in [-0.39, 0.29) is 17.7 Å². The summed E-state index contributed by atoms with van der Waals surface area (Å²) in [7, 11) is 0. The molecule has 5 N–H and O–H groups in total. The molecule has 13 nitrogen and oxygen atoms in total. The first kappa shape index (κ1) is 41.7. The lowest BCUT2D eigenvalue weighted by atomic mass is 10.2. The zero-order chi connectivity index (χ0) is 32.2. The quantitative estimate of drug-likeness (QED) is 0.0593. The van der Waals surface area contributed by atoms with Gasteiger partial charge in [0.2, 0.25) is 17.7 Å². The van der Waals surface area contributed by atoms with Gasteiger partial charge >= 0.3 is 0 Å². The fourth-order valence-electron chi connectivity index (χ4n) is 3.50. The first-order chi connectivity index (χ1) is 21.6. The van der Waals surface area contributed by atoms with Gasteiger partial charge in [-0.1, -0.05) is 0 Å². The summed E-state index contributed by atoms with van der Waals surface area (Å²) in [6, 6.07) is 0. The average Bonchev–Trinajstić information content (AvgIpc) is 3.02. The summed E-state index contributed by atoms with van der Waals surface area (Å²) in [5, 5.41) is 8.54. The lowest BCUT2D eigenvalue weighted by molar-refractivity contribution is -0.123. The molecule has 0 aromatic carbocycles. The molecular weight excluding hydrogens is 572 g/mol. The monoisotopic (exact) mass is 630 g/mol. The van der Waals surface area contributed by atoms with Crippen LogP contribution in [0.1, 0.15) is 64.2 Å². The maximum atomic E-state index is 11.9. The highest BCUT2D eigenvalue weighted by atomic mass is 16.5. The molecule has 0 bridgehead atoms. The minimum atomic E-state index is -0.0349. The predicted molar refractivity (Wildman–Crippen MR) is 168 cm³/mol. The van der Waals surface area contributed by atoms with Crippen LogP contribution in [-0.4, -0.2) is 123 Å². The highest BCUT2D eigenvalue weighted by molar-refractivity contribution is 5.77. The number of rotatable bonds is 34. The highest BCUT2D eigenvalue weighted by Crippen LogP contribution is 2.00. The molecule has 0 aliphatic carbocycles. The Morgan fingerprint density at radius 3 is 1.14 bits per heavy atom. The van der Waals surface area contributed by atoms with Gasteiger partial charge in [0.1, 0.15) is 0 Å². The second-order valence-electron chi connectivity index (χ2n) is 9.84. The largest absolute Gasteiger partial charge is 0.379 e. The molecule has 0 saturated heterocycles. The fraction of sp³-hybridized carbons (Fsp3) is 0.839. The summed E-state index contributed by atoms with van der Waals surface area (Å²) >= 11 is 0. The Morgan fingerprint density at radius 1 is 0.477 bits per heavy atom. The Hall–Kier alpha value is -2.31. The van der Waals surface area contributed by atoms with Gasteiger partial charge in [-0.25, -0.2) is 0 Å². The van der Waals surface area contributed by atoms with Crippen LogP contribution in [0, 0.1) is 12.3 Å². The molecule has 3 amide bonds. The van der Waals surface area contributed by atoms with Crippen molar-refractivity contribution >= 4 is 17.7 Å². The third kappa shape index (κ3) is 34.2. The summed E-state index contributed by atoms with van der Waals surface area (Å²) in [6.07, 6.45) is 11.1. The van der Waals surface area contributed by atoms with Gasteiger partial charge in [-0.15, -0.1) is 12.3 Å². The predicted octanol–water partition coefficient (Wildman–Crippen LogP) is 0.928. The molecule has 0 aromatic rings. The van der Waals surface area contributed by atoms with Crippen molar-refractivity contribution in [2.75, 3.05) is 105 Å². The van der Waals surface area contributed by atoms with Crippen molar-refractivity contribution in [3.05, 3.63) is 0 Å². The lowest BCUT2D eigenvalue weighted by Crippen LogP contribution is -2.26. The third-order valence-electron chi connectivity index (χ3n) is 5.90. The second-order valence-corrected chi connectivity index (χ2v) is 9.84. The van der Waals surface area contributed by atoms with Crippen LogP contribution in [0.5, 0.6) is 0 Å². The molecule has 13 heteroatoms. The van der Waals surface area contributed by atoms with E-state index in [1.165, 1.54) is 0 Å². The summed E-state index contributed by atoms with van der Waals surface area (Å²) in [4.78, 5) is 35.2. The smallest absolute Gasteiger partial charge is 0.220 e. The highest BCUT2D eigenvalue weighted by Gasteiger charge is 2.04. The van der Waals surface area contributed by atoms with Crippen LogP contribution >= 0.6 is 0 Å². The van der Waals surface area contributed by atoms with E-state index < -0.39 is 0 Å². The molecule has 0 rings (SSSR count). The Balaban J connectivity index is 3.29. The van der Waals surface area contributed by atoms with Crippen LogP contribution in [0.15, 0.2) is 0 Å². The maximum Gasteiger partial charge on any atom is 0.220 e. The molecule has 0 aliphatic rings. The van der Waals surface area contributed by atoms with E-state index in [0.717, 1.165) is 25.7 Å². The van der Waals surface area contributed by atoms with Crippen LogP contribution < -0.4 is 21.7 Å². The van der Waals surface area contributed by atoms with Crippen molar-refractivity contribution < 1.29 is 42.8 Å². The van der Waals surface area contributed by atoms with E-state index in [1.54, 1.807) is 0 Å². The molecule has 0 spiro atoms. The van der Waals surface area contributed by atoms with Gasteiger partial charge in [-0.05, 0) is 45.1 Å². The minimum Gasteiger partial charge on any atom is -0.379 e. The van der Waals surface area contributed by atoms with E-state index in [0.29, 0.717) is 144 Å². The number of nitrogens with one attached hydrogen (secondary N) is 3. The third-order valence-corrected chi connectivity index (χ3v) is 5.90. The normalized spacial score (nSPS) is 10.8. The van der Waals surface area contributed by atoms with Gasteiger partial charge in [0.15, 0.2) is 0 Å². The number of ether oxygens (including phenoxy) is 6. The maximum absolute atomic E-state index is 11.9. The molecular formula is C31H58N4O9. The van der Waals surface area contributed by atoms with Crippen LogP contribution in [0.25, 0.3) is 0 Å². The number of hydrogen-bond donors (Lipinski definition) is 4. The number of terminal acetylenes is 1. The first-order valence-corrected chi connectivity index (χ1v) is 16.0. The molecule has 0 aliphatic heterocycles. The van der Waals surface area contributed by atoms with E-state index in [2.05, 4.69) is 21.9 Å². The van der Waals surface area contributed by atoms with E-state index in [1.807, 2.05) is 0 Å². The Kier molecular flexibility index (Phi) is 33.3. The van der Waals surface area contributed by atoms with Crippen molar-refractivity contribution in [1.82, 2.24) is 16.0 Å². The van der Waals surface area contributed by atoms with Crippen molar-refractivity contribution in [3.63, 3.8) is 0 Å². The van der Waals surface area contributed by atoms with E-state index in [9.17, 15) is 14.4 Å². The van der Waals surface area contributed by atoms with Gasteiger partial charge in [-0.3, -0.25) is 14.4 Å². The van der Waals surface area contributed by atoms with Crippen LogP contribution in [0.3, 0.4) is 0 Å². The number of amides is 3. The Labute approximate surface area is 264 Å².